The van der Waals surface area contributed by atoms with Crippen molar-refractivity contribution in [3.63, 3.8) is 0 Å². The van der Waals surface area contributed by atoms with Crippen LogP contribution in [0.15, 0.2) is 34.2 Å². The van der Waals surface area contributed by atoms with Crippen LogP contribution in [0.25, 0.3) is 0 Å². The highest BCUT2D eigenvalue weighted by molar-refractivity contribution is 7.98. The Balaban J connectivity index is 1.78. The summed E-state index contributed by atoms with van der Waals surface area (Å²) in [7, 11) is 0. The zero-order valence-electron chi connectivity index (χ0n) is 14.2. The highest BCUT2D eigenvalue weighted by atomic mass is 32.2. The Morgan fingerprint density at radius 2 is 2.08 bits per heavy atom. The Hall–Kier alpha value is -2.08. The Kier molecular flexibility index (Phi) is 5.58. The Morgan fingerprint density at radius 3 is 2.80 bits per heavy atom. The van der Waals surface area contributed by atoms with Crippen LogP contribution < -0.4 is 5.56 Å². The molecule has 0 radical (unpaired) electrons. The van der Waals surface area contributed by atoms with Crippen molar-refractivity contribution in [2.75, 3.05) is 0 Å². The molecule has 0 unspecified atom stereocenters. The monoisotopic (exact) mass is 358 g/mol. The van der Waals surface area contributed by atoms with E-state index in [9.17, 15) is 9.59 Å². The lowest BCUT2D eigenvalue weighted by Crippen LogP contribution is -2.19. The van der Waals surface area contributed by atoms with Gasteiger partial charge in [0.15, 0.2) is 5.16 Å². The van der Waals surface area contributed by atoms with Gasteiger partial charge in [-0.05, 0) is 37.5 Å². The number of nitrogens with zero attached hydrogens (tertiary/aromatic N) is 1. The second-order valence-electron chi connectivity index (χ2n) is 6.51. The van der Waals surface area contributed by atoms with E-state index in [2.05, 4.69) is 4.98 Å². The van der Waals surface area contributed by atoms with Crippen LogP contribution in [0.2, 0.25) is 0 Å². The molecule has 1 aliphatic carbocycles. The first-order chi connectivity index (χ1) is 12.0. The minimum absolute atomic E-state index is 0.0719. The molecule has 0 saturated heterocycles. The standard InChI is InChI=1S/C19H22N2O3S/c1-12-16(14-7-3-2-4-8-14)20-19(21-17(12)22)25-11-13-6-5-9-15(10-13)18(23)24/h5-6,9-10,14H,2-4,7-8,11H2,1H3,(H,23,24)(H,20,21,22). The van der Waals surface area contributed by atoms with Crippen molar-refractivity contribution in [2.45, 2.75) is 55.9 Å². The highest BCUT2D eigenvalue weighted by Gasteiger charge is 2.21. The molecule has 6 heteroatoms. The van der Waals surface area contributed by atoms with Crippen LogP contribution in [-0.4, -0.2) is 21.0 Å². The lowest BCUT2D eigenvalue weighted by Gasteiger charge is -2.22. The number of rotatable bonds is 5. The summed E-state index contributed by atoms with van der Waals surface area (Å²) in [6.45, 7) is 1.85. The second kappa shape index (κ2) is 7.87. The maximum atomic E-state index is 12.3. The first kappa shape index (κ1) is 17.7. The van der Waals surface area contributed by atoms with Crippen LogP contribution in [0.3, 0.4) is 0 Å². The minimum Gasteiger partial charge on any atom is -0.478 e. The summed E-state index contributed by atoms with van der Waals surface area (Å²) in [4.78, 5) is 30.9. The van der Waals surface area contributed by atoms with Gasteiger partial charge in [0, 0.05) is 17.2 Å². The van der Waals surface area contributed by atoms with Gasteiger partial charge >= 0.3 is 5.97 Å². The van der Waals surface area contributed by atoms with E-state index in [0.717, 1.165) is 29.7 Å². The number of H-pyrrole nitrogens is 1. The van der Waals surface area contributed by atoms with Crippen molar-refractivity contribution in [1.82, 2.24) is 9.97 Å². The molecule has 0 spiro atoms. The van der Waals surface area contributed by atoms with Gasteiger partial charge in [-0.3, -0.25) is 4.79 Å². The molecule has 5 nitrogen and oxygen atoms in total. The number of nitrogens with one attached hydrogen (secondary N) is 1. The third-order valence-corrected chi connectivity index (χ3v) is 5.65. The van der Waals surface area contributed by atoms with E-state index >= 15 is 0 Å². The molecule has 1 aromatic heterocycles. The first-order valence-electron chi connectivity index (χ1n) is 8.60. The number of benzene rings is 1. The minimum atomic E-state index is -0.937. The number of carbonyl (C=O) groups is 1. The van der Waals surface area contributed by atoms with Gasteiger partial charge in [0.05, 0.1) is 11.3 Å². The van der Waals surface area contributed by atoms with Gasteiger partial charge in [0.2, 0.25) is 0 Å². The van der Waals surface area contributed by atoms with E-state index in [1.165, 1.54) is 31.0 Å². The van der Waals surface area contributed by atoms with E-state index in [1.54, 1.807) is 18.2 Å². The van der Waals surface area contributed by atoms with Crippen molar-refractivity contribution in [1.29, 1.82) is 0 Å². The average Bonchev–Trinajstić information content (AvgIpc) is 2.63. The molecule has 1 saturated carbocycles. The molecule has 25 heavy (non-hydrogen) atoms. The quantitative estimate of drug-likeness (QED) is 0.620. The number of hydrogen-bond acceptors (Lipinski definition) is 4. The number of aromatic nitrogens is 2. The molecule has 0 bridgehead atoms. The molecule has 2 N–H and O–H groups in total. The zero-order chi connectivity index (χ0) is 17.8. The van der Waals surface area contributed by atoms with Crippen molar-refractivity contribution in [3.8, 4) is 0 Å². The predicted molar refractivity (Wildman–Crippen MR) is 98.4 cm³/mol. The number of carboxylic acid groups (broad SMARTS) is 1. The normalized spacial score (nSPS) is 15.2. The summed E-state index contributed by atoms with van der Waals surface area (Å²) in [5.41, 5.74) is 2.76. The number of hydrogen-bond donors (Lipinski definition) is 2. The topological polar surface area (TPSA) is 83.0 Å². The lowest BCUT2D eigenvalue weighted by atomic mass is 9.85. The Labute approximate surface area is 150 Å². The molecular weight excluding hydrogens is 336 g/mol. The second-order valence-corrected chi connectivity index (χ2v) is 7.47. The molecule has 3 rings (SSSR count). The third-order valence-electron chi connectivity index (χ3n) is 4.71. The van der Waals surface area contributed by atoms with Gasteiger partial charge in [-0.1, -0.05) is 43.2 Å². The number of aromatic amines is 1. The van der Waals surface area contributed by atoms with E-state index in [1.807, 2.05) is 13.0 Å². The van der Waals surface area contributed by atoms with Crippen molar-refractivity contribution < 1.29 is 9.90 Å². The number of thioether (sulfide) groups is 1. The molecule has 0 atom stereocenters. The van der Waals surface area contributed by atoms with Crippen molar-refractivity contribution in [3.05, 3.63) is 57.0 Å². The number of carboxylic acids is 1. The van der Waals surface area contributed by atoms with Crippen molar-refractivity contribution >= 4 is 17.7 Å². The summed E-state index contributed by atoms with van der Waals surface area (Å²) in [5, 5.41) is 9.68. The van der Waals surface area contributed by atoms with E-state index in [4.69, 9.17) is 10.1 Å². The van der Waals surface area contributed by atoms with Crippen LogP contribution >= 0.6 is 11.8 Å². The van der Waals surface area contributed by atoms with Gasteiger partial charge in [-0.15, -0.1) is 0 Å². The largest absolute Gasteiger partial charge is 0.478 e. The summed E-state index contributed by atoms with van der Waals surface area (Å²) in [5.74, 6) is 0.0103. The van der Waals surface area contributed by atoms with Crippen LogP contribution in [-0.2, 0) is 5.75 Å². The molecule has 0 amide bonds. The summed E-state index contributed by atoms with van der Waals surface area (Å²) >= 11 is 1.44. The number of aromatic carboxylic acids is 1. The van der Waals surface area contributed by atoms with Crippen LogP contribution in [0, 0.1) is 6.92 Å². The van der Waals surface area contributed by atoms with Crippen LogP contribution in [0.1, 0.15) is 65.2 Å². The zero-order valence-corrected chi connectivity index (χ0v) is 15.1. The highest BCUT2D eigenvalue weighted by Crippen LogP contribution is 2.33. The SMILES string of the molecule is Cc1c(C2CCCCC2)nc(SCc2cccc(C(=O)O)c2)[nH]c1=O. The summed E-state index contributed by atoms with van der Waals surface area (Å²) in [6.07, 6.45) is 5.86. The fourth-order valence-corrected chi connectivity index (χ4v) is 4.13. The van der Waals surface area contributed by atoms with E-state index in [0.29, 0.717) is 16.8 Å². The Bertz CT molecular complexity index is 826. The molecule has 2 aromatic rings. The summed E-state index contributed by atoms with van der Waals surface area (Å²) in [6, 6.07) is 6.85. The van der Waals surface area contributed by atoms with Gasteiger partial charge < -0.3 is 10.1 Å². The molecule has 1 fully saturated rings. The molecule has 132 valence electrons. The fourth-order valence-electron chi connectivity index (χ4n) is 3.32. The molecule has 1 aromatic carbocycles. The van der Waals surface area contributed by atoms with Gasteiger partial charge in [0.1, 0.15) is 0 Å². The molecular formula is C19H22N2O3S. The molecule has 0 aliphatic heterocycles. The predicted octanol–water partition coefficient (Wildman–Crippen LogP) is 4.12. The van der Waals surface area contributed by atoms with E-state index < -0.39 is 5.97 Å². The van der Waals surface area contributed by atoms with Crippen molar-refractivity contribution in [2.24, 2.45) is 0 Å². The van der Waals surface area contributed by atoms with Gasteiger partial charge in [-0.2, -0.15) is 0 Å². The van der Waals surface area contributed by atoms with E-state index in [-0.39, 0.29) is 11.1 Å². The fraction of sp³-hybridized carbons (Fsp3) is 0.421. The van der Waals surface area contributed by atoms with Gasteiger partial charge in [-0.25, -0.2) is 9.78 Å². The third kappa shape index (κ3) is 4.31. The van der Waals surface area contributed by atoms with Gasteiger partial charge in [0.25, 0.3) is 5.56 Å². The van der Waals surface area contributed by atoms with Crippen LogP contribution in [0.4, 0.5) is 0 Å². The Morgan fingerprint density at radius 1 is 1.32 bits per heavy atom. The molecule has 1 aliphatic rings. The first-order valence-corrected chi connectivity index (χ1v) is 9.59. The maximum Gasteiger partial charge on any atom is 0.335 e. The lowest BCUT2D eigenvalue weighted by molar-refractivity contribution is 0.0697. The summed E-state index contributed by atoms with van der Waals surface area (Å²) < 4.78 is 0. The van der Waals surface area contributed by atoms with Crippen LogP contribution in [0.5, 0.6) is 0 Å². The molecule has 1 heterocycles. The maximum absolute atomic E-state index is 12.3. The average molecular weight is 358 g/mol. The smallest absolute Gasteiger partial charge is 0.335 e.